The maximum atomic E-state index is 11.1. The molecule has 0 radical (unpaired) electrons. The van der Waals surface area contributed by atoms with Crippen molar-refractivity contribution < 1.29 is 9.90 Å². The standard InChI is InChI=1S/C11H12ClN3O2/c1-7-3-4-15(10(7)11(16)17)6-9-13-5-8(12)14(9)2/h3-5H,6H2,1-2H3,(H,16,17). The van der Waals surface area contributed by atoms with E-state index < -0.39 is 5.97 Å². The number of imidazole rings is 1. The van der Waals surface area contributed by atoms with Crippen LogP contribution in [0.2, 0.25) is 5.15 Å². The van der Waals surface area contributed by atoms with Crippen LogP contribution in [0.15, 0.2) is 18.5 Å². The number of carboxylic acid groups (broad SMARTS) is 1. The van der Waals surface area contributed by atoms with Crippen LogP contribution >= 0.6 is 11.6 Å². The van der Waals surface area contributed by atoms with E-state index in [1.165, 1.54) is 0 Å². The summed E-state index contributed by atoms with van der Waals surface area (Å²) in [5.74, 6) is -0.221. The molecular weight excluding hydrogens is 242 g/mol. The fraction of sp³-hybridized carbons (Fsp3) is 0.273. The maximum Gasteiger partial charge on any atom is 0.352 e. The van der Waals surface area contributed by atoms with Gasteiger partial charge in [0.25, 0.3) is 0 Å². The molecule has 1 N–H and O–H groups in total. The third kappa shape index (κ3) is 2.06. The summed E-state index contributed by atoms with van der Waals surface area (Å²) in [5, 5.41) is 9.64. The maximum absolute atomic E-state index is 11.1. The van der Waals surface area contributed by atoms with Gasteiger partial charge in [0, 0.05) is 13.2 Å². The van der Waals surface area contributed by atoms with Crippen molar-refractivity contribution in [2.45, 2.75) is 13.5 Å². The molecular formula is C11H12ClN3O2. The molecule has 2 aromatic rings. The zero-order valence-electron chi connectivity index (χ0n) is 9.51. The van der Waals surface area contributed by atoms with Gasteiger partial charge in [-0.2, -0.15) is 0 Å². The first-order chi connectivity index (χ1) is 8.00. The molecule has 0 saturated heterocycles. The van der Waals surface area contributed by atoms with Crippen LogP contribution < -0.4 is 0 Å². The van der Waals surface area contributed by atoms with Gasteiger partial charge in [-0.25, -0.2) is 9.78 Å². The van der Waals surface area contributed by atoms with Crippen LogP contribution in [0.4, 0.5) is 0 Å². The second kappa shape index (κ2) is 4.25. The topological polar surface area (TPSA) is 60.0 Å². The first kappa shape index (κ1) is 11.7. The van der Waals surface area contributed by atoms with Crippen molar-refractivity contribution in [3.05, 3.63) is 40.7 Å². The predicted molar refractivity (Wildman–Crippen MR) is 63.4 cm³/mol. The summed E-state index contributed by atoms with van der Waals surface area (Å²) < 4.78 is 3.37. The molecule has 0 aliphatic rings. The number of hydrogen-bond acceptors (Lipinski definition) is 2. The lowest BCUT2D eigenvalue weighted by atomic mass is 10.3. The van der Waals surface area contributed by atoms with E-state index in [2.05, 4.69) is 4.98 Å². The van der Waals surface area contributed by atoms with Crippen molar-refractivity contribution >= 4 is 17.6 Å². The Morgan fingerprint density at radius 2 is 2.29 bits per heavy atom. The van der Waals surface area contributed by atoms with Crippen LogP contribution in [0.5, 0.6) is 0 Å². The molecule has 2 aromatic heterocycles. The zero-order chi connectivity index (χ0) is 12.6. The summed E-state index contributed by atoms with van der Waals surface area (Å²) in [6.07, 6.45) is 3.29. The van der Waals surface area contributed by atoms with E-state index in [-0.39, 0.29) is 5.69 Å². The smallest absolute Gasteiger partial charge is 0.352 e. The predicted octanol–water partition coefficient (Wildman–Crippen LogP) is 1.93. The number of rotatable bonds is 3. The lowest BCUT2D eigenvalue weighted by molar-refractivity contribution is 0.0684. The molecule has 2 rings (SSSR count). The highest BCUT2D eigenvalue weighted by Gasteiger charge is 2.15. The summed E-state index contributed by atoms with van der Waals surface area (Å²) in [6.45, 7) is 2.16. The minimum absolute atomic E-state index is 0.282. The minimum Gasteiger partial charge on any atom is -0.477 e. The fourth-order valence-corrected chi connectivity index (χ4v) is 1.87. The highest BCUT2D eigenvalue weighted by Crippen LogP contribution is 2.14. The second-order valence-electron chi connectivity index (χ2n) is 3.84. The molecule has 0 aliphatic heterocycles. The van der Waals surface area contributed by atoms with Crippen LogP contribution in [-0.2, 0) is 13.6 Å². The quantitative estimate of drug-likeness (QED) is 0.909. The number of aromatic carboxylic acids is 1. The molecule has 6 heteroatoms. The van der Waals surface area contributed by atoms with E-state index in [1.807, 2.05) is 0 Å². The Morgan fingerprint density at radius 3 is 2.82 bits per heavy atom. The number of halogens is 1. The SMILES string of the molecule is Cc1ccn(Cc2ncc(Cl)n2C)c1C(=O)O. The largest absolute Gasteiger partial charge is 0.477 e. The van der Waals surface area contributed by atoms with Crippen molar-refractivity contribution in [1.29, 1.82) is 0 Å². The van der Waals surface area contributed by atoms with Crippen molar-refractivity contribution in [3.8, 4) is 0 Å². The Balaban J connectivity index is 2.37. The van der Waals surface area contributed by atoms with E-state index in [9.17, 15) is 4.79 Å². The van der Waals surface area contributed by atoms with Crippen LogP contribution in [0.3, 0.4) is 0 Å². The van der Waals surface area contributed by atoms with Crippen molar-refractivity contribution in [2.75, 3.05) is 0 Å². The molecule has 0 aromatic carbocycles. The number of carboxylic acids is 1. The number of nitrogens with zero attached hydrogens (tertiary/aromatic N) is 3. The van der Waals surface area contributed by atoms with Gasteiger partial charge in [0.1, 0.15) is 16.7 Å². The Bertz CT molecular complexity index is 571. The van der Waals surface area contributed by atoms with E-state index in [0.717, 1.165) is 5.56 Å². The van der Waals surface area contributed by atoms with E-state index in [4.69, 9.17) is 16.7 Å². The molecule has 0 atom stereocenters. The molecule has 17 heavy (non-hydrogen) atoms. The minimum atomic E-state index is -0.937. The van der Waals surface area contributed by atoms with Crippen LogP contribution in [0, 0.1) is 6.92 Å². The Kier molecular flexibility index (Phi) is 2.93. The molecule has 0 amide bonds. The van der Waals surface area contributed by atoms with Crippen molar-refractivity contribution in [2.24, 2.45) is 7.05 Å². The van der Waals surface area contributed by atoms with Crippen molar-refractivity contribution in [1.82, 2.24) is 14.1 Å². The van der Waals surface area contributed by atoms with Gasteiger partial charge in [0.2, 0.25) is 0 Å². The third-order valence-corrected chi connectivity index (χ3v) is 3.06. The highest BCUT2D eigenvalue weighted by atomic mass is 35.5. The summed E-state index contributed by atoms with van der Waals surface area (Å²) in [7, 11) is 1.79. The van der Waals surface area contributed by atoms with E-state index >= 15 is 0 Å². The summed E-state index contributed by atoms with van der Waals surface area (Å²) in [4.78, 5) is 15.2. The van der Waals surface area contributed by atoms with Gasteiger partial charge in [-0.05, 0) is 18.6 Å². The zero-order valence-corrected chi connectivity index (χ0v) is 10.3. The molecule has 0 unspecified atom stereocenters. The molecule has 90 valence electrons. The van der Waals surface area contributed by atoms with Crippen molar-refractivity contribution in [3.63, 3.8) is 0 Å². The second-order valence-corrected chi connectivity index (χ2v) is 4.22. The lowest BCUT2D eigenvalue weighted by Crippen LogP contribution is -2.12. The van der Waals surface area contributed by atoms with Gasteiger partial charge in [0.15, 0.2) is 0 Å². The molecule has 0 fully saturated rings. The average molecular weight is 254 g/mol. The monoisotopic (exact) mass is 253 g/mol. The number of carbonyl (C=O) groups is 1. The molecule has 2 heterocycles. The molecule has 0 bridgehead atoms. The Hall–Kier alpha value is -1.75. The van der Waals surface area contributed by atoms with Gasteiger partial charge in [-0.3, -0.25) is 0 Å². The van der Waals surface area contributed by atoms with Gasteiger partial charge < -0.3 is 14.2 Å². The summed E-state index contributed by atoms with van der Waals surface area (Å²) >= 11 is 5.88. The van der Waals surface area contributed by atoms with Gasteiger partial charge in [0.05, 0.1) is 12.7 Å². The van der Waals surface area contributed by atoms with Crippen LogP contribution in [0.25, 0.3) is 0 Å². The van der Waals surface area contributed by atoms with E-state index in [1.54, 1.807) is 41.6 Å². The molecule has 0 spiro atoms. The first-order valence-electron chi connectivity index (χ1n) is 5.06. The normalized spacial score (nSPS) is 10.8. The number of aromatic nitrogens is 3. The number of aryl methyl sites for hydroxylation is 1. The van der Waals surface area contributed by atoms with Gasteiger partial charge in [-0.1, -0.05) is 11.6 Å². The average Bonchev–Trinajstić information content (AvgIpc) is 2.77. The van der Waals surface area contributed by atoms with Crippen LogP contribution in [-0.4, -0.2) is 25.2 Å². The Labute approximate surface area is 103 Å². The first-order valence-corrected chi connectivity index (χ1v) is 5.43. The van der Waals surface area contributed by atoms with Gasteiger partial charge in [-0.15, -0.1) is 0 Å². The fourth-order valence-electron chi connectivity index (χ4n) is 1.73. The van der Waals surface area contributed by atoms with Gasteiger partial charge >= 0.3 is 5.97 Å². The summed E-state index contributed by atoms with van der Waals surface area (Å²) in [6, 6.07) is 1.77. The lowest BCUT2D eigenvalue weighted by Gasteiger charge is -2.07. The molecule has 0 aliphatic carbocycles. The van der Waals surface area contributed by atoms with Crippen LogP contribution in [0.1, 0.15) is 21.9 Å². The summed E-state index contributed by atoms with van der Waals surface area (Å²) in [5.41, 5.74) is 1.02. The van der Waals surface area contributed by atoms with E-state index in [0.29, 0.717) is 17.5 Å². The molecule has 0 saturated carbocycles. The molecule has 5 nitrogen and oxygen atoms in total. The third-order valence-electron chi connectivity index (χ3n) is 2.71. The highest BCUT2D eigenvalue weighted by molar-refractivity contribution is 6.29. The Morgan fingerprint density at radius 1 is 1.59 bits per heavy atom. The number of hydrogen-bond donors (Lipinski definition) is 1.